The molecule has 4 nitrogen and oxygen atoms in total. The highest BCUT2D eigenvalue weighted by Crippen LogP contribution is 2.12. The van der Waals surface area contributed by atoms with Gasteiger partial charge in [-0.05, 0) is 6.07 Å². The molecule has 0 saturated heterocycles. The molecule has 1 heterocycles. The van der Waals surface area contributed by atoms with E-state index in [0.29, 0.717) is 11.4 Å². The van der Waals surface area contributed by atoms with Gasteiger partial charge in [0.05, 0.1) is 17.6 Å². The summed E-state index contributed by atoms with van der Waals surface area (Å²) in [5.74, 6) is -0.150. The Labute approximate surface area is 64.2 Å². The van der Waals surface area contributed by atoms with Gasteiger partial charge in [0.2, 0.25) is 0 Å². The molecule has 0 aliphatic heterocycles. The topological polar surface area (TPSA) is 82.0 Å². The molecule has 58 valence electrons. The van der Waals surface area contributed by atoms with Gasteiger partial charge in [-0.2, -0.15) is 0 Å². The predicted molar refractivity (Wildman–Crippen MR) is 43.1 cm³/mol. The molecule has 1 aromatic rings. The number of rotatable bonds is 1. The maximum absolute atomic E-state index is 10.8. The van der Waals surface area contributed by atoms with E-state index in [9.17, 15) is 4.79 Å². The first-order valence-electron chi connectivity index (χ1n) is 3.13. The van der Waals surface area contributed by atoms with Crippen molar-refractivity contribution in [2.24, 2.45) is 0 Å². The van der Waals surface area contributed by atoms with Crippen LogP contribution in [0, 0.1) is 0 Å². The Morgan fingerprint density at radius 3 is 2.64 bits per heavy atom. The number of ketones is 1. The van der Waals surface area contributed by atoms with E-state index in [1.807, 2.05) is 0 Å². The lowest BCUT2D eigenvalue weighted by molar-refractivity contribution is 0.101. The Bertz CT molecular complexity index is 296. The van der Waals surface area contributed by atoms with Crippen molar-refractivity contribution in [1.82, 2.24) is 4.98 Å². The van der Waals surface area contributed by atoms with Crippen molar-refractivity contribution < 1.29 is 4.79 Å². The van der Waals surface area contributed by atoms with Crippen LogP contribution in [-0.4, -0.2) is 10.8 Å². The van der Waals surface area contributed by atoms with Gasteiger partial charge in [-0.3, -0.25) is 4.79 Å². The van der Waals surface area contributed by atoms with E-state index in [2.05, 4.69) is 4.98 Å². The third-order valence-corrected chi connectivity index (χ3v) is 1.27. The molecule has 0 saturated carbocycles. The molecular weight excluding hydrogens is 142 g/mol. The van der Waals surface area contributed by atoms with Crippen LogP contribution < -0.4 is 11.5 Å². The summed E-state index contributed by atoms with van der Waals surface area (Å²) >= 11 is 0. The minimum absolute atomic E-state index is 0.150. The average molecular weight is 151 g/mol. The normalized spacial score (nSPS) is 9.55. The lowest BCUT2D eigenvalue weighted by atomic mass is 10.2. The highest BCUT2D eigenvalue weighted by Gasteiger charge is 2.04. The van der Waals surface area contributed by atoms with E-state index in [-0.39, 0.29) is 11.5 Å². The van der Waals surface area contributed by atoms with E-state index in [0.717, 1.165) is 0 Å². The number of carbonyl (C=O) groups is 1. The summed E-state index contributed by atoms with van der Waals surface area (Å²) in [7, 11) is 0. The predicted octanol–water partition coefficient (Wildman–Crippen LogP) is 0.449. The molecule has 1 aromatic heterocycles. The molecule has 4 heteroatoms. The van der Waals surface area contributed by atoms with Gasteiger partial charge in [-0.1, -0.05) is 0 Å². The summed E-state index contributed by atoms with van der Waals surface area (Å²) in [6.07, 6.45) is 1.41. The molecule has 0 aliphatic rings. The Morgan fingerprint density at radius 1 is 1.55 bits per heavy atom. The SMILES string of the molecule is CC(=O)c1ncc(N)cc1N. The largest absolute Gasteiger partial charge is 0.397 e. The van der Waals surface area contributed by atoms with Gasteiger partial charge in [0.15, 0.2) is 5.78 Å². The summed E-state index contributed by atoms with van der Waals surface area (Å²) in [6, 6.07) is 1.52. The molecule has 0 unspecified atom stereocenters. The summed E-state index contributed by atoms with van der Waals surface area (Å²) in [5, 5.41) is 0. The zero-order chi connectivity index (χ0) is 8.43. The standard InChI is InChI=1S/C7H9N3O/c1-4(11)7-6(9)2-5(8)3-10-7/h2-3H,8-9H2,1H3. The second-order valence-electron chi connectivity index (χ2n) is 2.26. The van der Waals surface area contributed by atoms with Crippen molar-refractivity contribution in [2.75, 3.05) is 11.5 Å². The highest BCUT2D eigenvalue weighted by molar-refractivity contribution is 5.97. The maximum atomic E-state index is 10.8. The summed E-state index contributed by atoms with van der Waals surface area (Å²) < 4.78 is 0. The smallest absolute Gasteiger partial charge is 0.180 e. The minimum atomic E-state index is -0.150. The highest BCUT2D eigenvalue weighted by atomic mass is 16.1. The van der Waals surface area contributed by atoms with E-state index in [1.54, 1.807) is 0 Å². The van der Waals surface area contributed by atoms with E-state index in [1.165, 1.54) is 19.2 Å². The van der Waals surface area contributed by atoms with Crippen LogP contribution in [0.15, 0.2) is 12.3 Å². The van der Waals surface area contributed by atoms with Gasteiger partial charge < -0.3 is 11.5 Å². The van der Waals surface area contributed by atoms with Crippen LogP contribution in [-0.2, 0) is 0 Å². The Balaban J connectivity index is 3.20. The van der Waals surface area contributed by atoms with Crippen molar-refractivity contribution >= 4 is 17.2 Å². The van der Waals surface area contributed by atoms with Crippen LogP contribution >= 0.6 is 0 Å². The third-order valence-electron chi connectivity index (χ3n) is 1.27. The fourth-order valence-corrected chi connectivity index (χ4v) is 0.793. The quantitative estimate of drug-likeness (QED) is 0.571. The van der Waals surface area contributed by atoms with E-state index < -0.39 is 0 Å². The molecule has 11 heavy (non-hydrogen) atoms. The Hall–Kier alpha value is -1.58. The second-order valence-corrected chi connectivity index (χ2v) is 2.26. The number of nitrogens with zero attached hydrogens (tertiary/aromatic N) is 1. The molecule has 0 spiro atoms. The maximum Gasteiger partial charge on any atom is 0.180 e. The number of pyridine rings is 1. The number of aromatic nitrogens is 1. The van der Waals surface area contributed by atoms with Gasteiger partial charge >= 0.3 is 0 Å². The number of nitrogens with two attached hydrogens (primary N) is 2. The monoisotopic (exact) mass is 151 g/mol. The van der Waals surface area contributed by atoms with Gasteiger partial charge in [-0.15, -0.1) is 0 Å². The van der Waals surface area contributed by atoms with Crippen molar-refractivity contribution in [3.63, 3.8) is 0 Å². The molecule has 0 radical (unpaired) electrons. The van der Waals surface area contributed by atoms with Crippen LogP contribution in [0.1, 0.15) is 17.4 Å². The molecule has 0 amide bonds. The van der Waals surface area contributed by atoms with Crippen LogP contribution in [0.5, 0.6) is 0 Å². The third kappa shape index (κ3) is 1.46. The zero-order valence-electron chi connectivity index (χ0n) is 6.16. The summed E-state index contributed by atoms with van der Waals surface area (Å²) in [5.41, 5.74) is 11.9. The average Bonchev–Trinajstić information content (AvgIpc) is 1.85. The first-order chi connectivity index (χ1) is 5.11. The number of hydrogen-bond acceptors (Lipinski definition) is 4. The molecule has 0 aliphatic carbocycles. The van der Waals surface area contributed by atoms with Crippen LogP contribution in [0.2, 0.25) is 0 Å². The van der Waals surface area contributed by atoms with Crippen LogP contribution in [0.3, 0.4) is 0 Å². The molecule has 0 atom stereocenters. The fourth-order valence-electron chi connectivity index (χ4n) is 0.793. The van der Waals surface area contributed by atoms with Gasteiger partial charge in [0.25, 0.3) is 0 Å². The number of anilines is 2. The summed E-state index contributed by atoms with van der Waals surface area (Å²) in [4.78, 5) is 14.6. The van der Waals surface area contributed by atoms with Gasteiger partial charge in [-0.25, -0.2) is 4.98 Å². The van der Waals surface area contributed by atoms with Gasteiger partial charge in [0.1, 0.15) is 5.69 Å². The Kier molecular flexibility index (Phi) is 1.76. The molecule has 0 bridgehead atoms. The van der Waals surface area contributed by atoms with Crippen LogP contribution in [0.4, 0.5) is 11.4 Å². The number of Topliss-reactive ketones (excluding diaryl/α,β-unsaturated/α-hetero) is 1. The fraction of sp³-hybridized carbons (Fsp3) is 0.143. The number of hydrogen-bond donors (Lipinski definition) is 2. The lowest BCUT2D eigenvalue weighted by Gasteiger charge is -2.00. The molecule has 1 rings (SSSR count). The van der Waals surface area contributed by atoms with E-state index in [4.69, 9.17) is 11.5 Å². The summed E-state index contributed by atoms with van der Waals surface area (Å²) in [6.45, 7) is 1.41. The number of carbonyl (C=O) groups excluding carboxylic acids is 1. The molecule has 4 N–H and O–H groups in total. The first kappa shape index (κ1) is 7.53. The number of nitrogen functional groups attached to an aromatic ring is 2. The van der Waals surface area contributed by atoms with Crippen molar-refractivity contribution in [1.29, 1.82) is 0 Å². The van der Waals surface area contributed by atoms with Crippen LogP contribution in [0.25, 0.3) is 0 Å². The zero-order valence-corrected chi connectivity index (χ0v) is 6.16. The van der Waals surface area contributed by atoms with Crippen molar-refractivity contribution in [3.05, 3.63) is 18.0 Å². The Morgan fingerprint density at radius 2 is 2.18 bits per heavy atom. The molecular formula is C7H9N3O. The second kappa shape index (κ2) is 2.57. The van der Waals surface area contributed by atoms with Crippen molar-refractivity contribution in [3.8, 4) is 0 Å². The molecule has 0 fully saturated rings. The lowest BCUT2D eigenvalue weighted by Crippen LogP contribution is -2.03. The minimum Gasteiger partial charge on any atom is -0.397 e. The molecule has 0 aromatic carbocycles. The first-order valence-corrected chi connectivity index (χ1v) is 3.13. The van der Waals surface area contributed by atoms with Gasteiger partial charge in [0, 0.05) is 6.92 Å². The van der Waals surface area contributed by atoms with E-state index >= 15 is 0 Å². The van der Waals surface area contributed by atoms with Crippen molar-refractivity contribution in [2.45, 2.75) is 6.92 Å².